The van der Waals surface area contributed by atoms with Gasteiger partial charge >= 0.3 is 0 Å². The number of methoxy groups -OCH3 is 2. The summed E-state index contributed by atoms with van der Waals surface area (Å²) in [7, 11) is 3.27. The van der Waals surface area contributed by atoms with Gasteiger partial charge in [-0.2, -0.15) is 0 Å². The van der Waals surface area contributed by atoms with E-state index in [0.29, 0.717) is 36.6 Å². The van der Waals surface area contributed by atoms with Crippen molar-refractivity contribution in [1.82, 2.24) is 24.8 Å². The quantitative estimate of drug-likeness (QED) is 0.722. The van der Waals surface area contributed by atoms with Crippen LogP contribution in [0.5, 0.6) is 11.5 Å². The molecule has 0 atom stereocenters. The summed E-state index contributed by atoms with van der Waals surface area (Å²) in [5.41, 5.74) is 3.16. The Morgan fingerprint density at radius 2 is 2.00 bits per heavy atom. The van der Waals surface area contributed by atoms with Gasteiger partial charge in [0.2, 0.25) is 0 Å². The number of nitrogens with one attached hydrogen (secondary N) is 1. The lowest BCUT2D eigenvalue weighted by Gasteiger charge is -2.28. The smallest absolute Gasteiger partial charge is 0.254 e. The summed E-state index contributed by atoms with van der Waals surface area (Å²) in [6, 6.07) is 5.85. The highest BCUT2D eigenvalue weighted by molar-refractivity contribution is 5.52. The van der Waals surface area contributed by atoms with E-state index in [1.54, 1.807) is 26.6 Å². The van der Waals surface area contributed by atoms with E-state index < -0.39 is 0 Å². The summed E-state index contributed by atoms with van der Waals surface area (Å²) < 4.78 is 10.9. The molecule has 1 aliphatic heterocycles. The van der Waals surface area contributed by atoms with E-state index in [1.807, 2.05) is 18.2 Å². The van der Waals surface area contributed by atoms with Crippen LogP contribution < -0.4 is 15.0 Å². The van der Waals surface area contributed by atoms with Crippen molar-refractivity contribution < 1.29 is 9.47 Å². The van der Waals surface area contributed by atoms with Gasteiger partial charge in [-0.1, -0.05) is 12.1 Å². The van der Waals surface area contributed by atoms with Crippen molar-refractivity contribution in [3.63, 3.8) is 0 Å². The first-order chi connectivity index (χ1) is 13.7. The molecule has 144 valence electrons. The molecule has 0 saturated heterocycles. The van der Waals surface area contributed by atoms with Gasteiger partial charge in [-0.3, -0.25) is 9.69 Å². The van der Waals surface area contributed by atoms with Gasteiger partial charge in [0, 0.05) is 43.2 Å². The van der Waals surface area contributed by atoms with E-state index in [1.165, 1.54) is 6.33 Å². The Morgan fingerprint density at radius 1 is 1.18 bits per heavy atom. The third-order valence-corrected chi connectivity index (χ3v) is 4.86. The fourth-order valence-electron chi connectivity index (χ4n) is 3.51. The standard InChI is InChI=1S/C20H21N5O3/c1-27-17-5-3-4-13(18(17)28-2)10-25-7-6-15-16(11-25)23-19(24-20(15)26)14-8-21-12-22-9-14/h3-5,8-9,12H,6-7,10-11H2,1-2H3,(H,23,24,26). The number of aromatic amines is 1. The molecule has 0 bridgehead atoms. The number of rotatable bonds is 5. The van der Waals surface area contributed by atoms with Gasteiger partial charge in [0.1, 0.15) is 12.2 Å². The monoisotopic (exact) mass is 379 g/mol. The molecule has 0 amide bonds. The van der Waals surface area contributed by atoms with E-state index in [0.717, 1.165) is 29.1 Å². The molecule has 1 aromatic carbocycles. The van der Waals surface area contributed by atoms with Crippen LogP contribution in [0.3, 0.4) is 0 Å². The Labute approximate surface area is 162 Å². The van der Waals surface area contributed by atoms with Crippen LogP contribution in [-0.4, -0.2) is 45.6 Å². The highest BCUT2D eigenvalue weighted by Crippen LogP contribution is 2.32. The zero-order valence-electron chi connectivity index (χ0n) is 15.8. The maximum Gasteiger partial charge on any atom is 0.254 e. The highest BCUT2D eigenvalue weighted by Gasteiger charge is 2.23. The molecule has 0 radical (unpaired) electrons. The van der Waals surface area contributed by atoms with E-state index in [-0.39, 0.29) is 5.56 Å². The average Bonchev–Trinajstić information content (AvgIpc) is 2.74. The number of H-pyrrole nitrogens is 1. The average molecular weight is 379 g/mol. The molecule has 3 heterocycles. The fourth-order valence-corrected chi connectivity index (χ4v) is 3.51. The molecule has 1 aliphatic rings. The molecule has 8 heteroatoms. The third-order valence-electron chi connectivity index (χ3n) is 4.86. The number of aromatic nitrogens is 4. The maximum atomic E-state index is 12.5. The fraction of sp³-hybridized carbons (Fsp3) is 0.300. The highest BCUT2D eigenvalue weighted by atomic mass is 16.5. The van der Waals surface area contributed by atoms with E-state index in [9.17, 15) is 4.79 Å². The second-order valence-corrected chi connectivity index (χ2v) is 6.58. The molecule has 2 aromatic heterocycles. The summed E-state index contributed by atoms with van der Waals surface area (Å²) in [6.07, 6.45) is 5.37. The van der Waals surface area contributed by atoms with Gasteiger partial charge < -0.3 is 14.5 Å². The van der Waals surface area contributed by atoms with E-state index in [4.69, 9.17) is 9.47 Å². The Bertz CT molecular complexity index is 1040. The molecule has 0 aliphatic carbocycles. The Hall–Kier alpha value is -3.26. The topological polar surface area (TPSA) is 93.2 Å². The van der Waals surface area contributed by atoms with Crippen molar-refractivity contribution in [2.45, 2.75) is 19.5 Å². The first kappa shape index (κ1) is 18.1. The maximum absolute atomic E-state index is 12.5. The minimum Gasteiger partial charge on any atom is -0.493 e. The Kier molecular flexibility index (Phi) is 5.03. The largest absolute Gasteiger partial charge is 0.493 e. The van der Waals surface area contributed by atoms with Crippen LogP contribution in [0, 0.1) is 0 Å². The number of hydrogen-bond acceptors (Lipinski definition) is 7. The molecule has 3 aromatic rings. The van der Waals surface area contributed by atoms with Crippen molar-refractivity contribution in [1.29, 1.82) is 0 Å². The van der Waals surface area contributed by atoms with Crippen molar-refractivity contribution in [3.05, 3.63) is 64.1 Å². The van der Waals surface area contributed by atoms with Crippen LogP contribution in [0.1, 0.15) is 16.8 Å². The minimum absolute atomic E-state index is 0.0949. The van der Waals surface area contributed by atoms with Crippen LogP contribution >= 0.6 is 0 Å². The van der Waals surface area contributed by atoms with Crippen LogP contribution in [0.15, 0.2) is 41.7 Å². The molecule has 0 unspecified atom stereocenters. The van der Waals surface area contributed by atoms with Crippen LogP contribution in [0.2, 0.25) is 0 Å². The molecule has 1 N–H and O–H groups in total. The predicted octanol–water partition coefficient (Wildman–Crippen LogP) is 1.80. The molecule has 8 nitrogen and oxygen atoms in total. The number of ether oxygens (including phenoxy) is 2. The van der Waals surface area contributed by atoms with Gasteiger partial charge in [0.15, 0.2) is 11.5 Å². The number of nitrogens with zero attached hydrogens (tertiary/aromatic N) is 4. The summed E-state index contributed by atoms with van der Waals surface area (Å²) in [5, 5.41) is 0. The lowest BCUT2D eigenvalue weighted by molar-refractivity contribution is 0.235. The zero-order chi connectivity index (χ0) is 19.5. The first-order valence-electron chi connectivity index (χ1n) is 8.99. The Balaban J connectivity index is 1.62. The van der Waals surface area contributed by atoms with Gasteiger partial charge in [-0.05, 0) is 12.5 Å². The SMILES string of the molecule is COc1cccc(CN2CCc3c(nc(-c4cncnc4)[nH]c3=O)C2)c1OC. The summed E-state index contributed by atoms with van der Waals surface area (Å²) in [6.45, 7) is 2.03. The predicted molar refractivity (Wildman–Crippen MR) is 103 cm³/mol. The van der Waals surface area contributed by atoms with Crippen molar-refractivity contribution in [2.24, 2.45) is 0 Å². The summed E-state index contributed by atoms with van der Waals surface area (Å²) in [4.78, 5) is 30.3. The van der Waals surface area contributed by atoms with Crippen molar-refractivity contribution in [3.8, 4) is 22.9 Å². The second kappa shape index (κ2) is 7.77. The zero-order valence-corrected chi connectivity index (χ0v) is 15.8. The summed E-state index contributed by atoms with van der Waals surface area (Å²) >= 11 is 0. The summed E-state index contributed by atoms with van der Waals surface area (Å²) in [5.74, 6) is 1.93. The Morgan fingerprint density at radius 3 is 2.75 bits per heavy atom. The molecule has 4 rings (SSSR count). The van der Waals surface area contributed by atoms with Gasteiger partial charge in [-0.25, -0.2) is 15.0 Å². The molecule has 28 heavy (non-hydrogen) atoms. The lowest BCUT2D eigenvalue weighted by atomic mass is 10.0. The normalized spacial score (nSPS) is 13.8. The molecular weight excluding hydrogens is 358 g/mol. The molecule has 0 saturated carbocycles. The third kappa shape index (κ3) is 3.46. The van der Waals surface area contributed by atoms with Crippen LogP contribution in [-0.2, 0) is 19.5 Å². The van der Waals surface area contributed by atoms with Crippen LogP contribution in [0.4, 0.5) is 0 Å². The van der Waals surface area contributed by atoms with Gasteiger partial charge in [-0.15, -0.1) is 0 Å². The van der Waals surface area contributed by atoms with Gasteiger partial charge in [0.05, 0.1) is 25.5 Å². The van der Waals surface area contributed by atoms with Gasteiger partial charge in [0.25, 0.3) is 5.56 Å². The lowest BCUT2D eigenvalue weighted by Crippen LogP contribution is -2.35. The number of benzene rings is 1. The van der Waals surface area contributed by atoms with E-state index in [2.05, 4.69) is 24.8 Å². The number of fused-ring (bicyclic) bond motifs is 1. The molecular formula is C20H21N5O3. The number of hydrogen-bond donors (Lipinski definition) is 1. The first-order valence-corrected chi connectivity index (χ1v) is 8.99. The van der Waals surface area contributed by atoms with Crippen LogP contribution in [0.25, 0.3) is 11.4 Å². The molecule has 0 spiro atoms. The number of para-hydroxylation sites is 1. The molecule has 0 fully saturated rings. The van der Waals surface area contributed by atoms with Crippen molar-refractivity contribution >= 4 is 0 Å². The second-order valence-electron chi connectivity index (χ2n) is 6.58. The minimum atomic E-state index is -0.0949. The van der Waals surface area contributed by atoms with E-state index >= 15 is 0 Å². The van der Waals surface area contributed by atoms with Crippen molar-refractivity contribution in [2.75, 3.05) is 20.8 Å².